The molecule has 0 aromatic carbocycles. The fraction of sp³-hybridized carbons (Fsp3) is 0.632. The predicted molar refractivity (Wildman–Crippen MR) is 107 cm³/mol. The average molecular weight is 389 g/mol. The number of thiazole rings is 1. The normalized spacial score (nSPS) is 24.0. The van der Waals surface area contributed by atoms with Crippen LogP contribution in [0.2, 0.25) is 0 Å². The molecule has 1 amide bonds. The number of aromatic nitrogens is 3. The van der Waals surface area contributed by atoms with E-state index in [-0.39, 0.29) is 5.91 Å². The highest BCUT2D eigenvalue weighted by molar-refractivity contribution is 7.13. The third-order valence-electron chi connectivity index (χ3n) is 5.38. The first-order valence-corrected chi connectivity index (χ1v) is 10.8. The zero-order valence-electron chi connectivity index (χ0n) is 15.9. The summed E-state index contributed by atoms with van der Waals surface area (Å²) in [6.45, 7) is 7.41. The Labute approximate surface area is 164 Å². The number of hydrogen-bond donors (Lipinski definition) is 2. The molecule has 2 N–H and O–H groups in total. The topological polar surface area (TPSA) is 75.1 Å². The second-order valence-electron chi connectivity index (χ2n) is 7.76. The molecule has 7 nitrogen and oxygen atoms in total. The molecule has 2 aromatic rings. The number of anilines is 1. The van der Waals surface area contributed by atoms with Crippen LogP contribution in [-0.4, -0.2) is 51.8 Å². The highest BCUT2D eigenvalue weighted by Gasteiger charge is 2.20. The minimum Gasteiger partial charge on any atom is -0.315 e. The number of nitrogens with one attached hydrogen (secondary N) is 2. The van der Waals surface area contributed by atoms with E-state index in [1.807, 2.05) is 16.3 Å². The largest absolute Gasteiger partial charge is 0.315 e. The molecule has 2 atom stereocenters. The Kier molecular flexibility index (Phi) is 5.85. The fourth-order valence-electron chi connectivity index (χ4n) is 3.98. The summed E-state index contributed by atoms with van der Waals surface area (Å²) in [4.78, 5) is 19.6. The lowest BCUT2D eigenvalue weighted by molar-refractivity contribution is 0.102. The predicted octanol–water partition coefficient (Wildman–Crippen LogP) is 2.75. The molecular weight excluding hydrogens is 360 g/mol. The van der Waals surface area contributed by atoms with Gasteiger partial charge in [0, 0.05) is 31.2 Å². The summed E-state index contributed by atoms with van der Waals surface area (Å²) in [5.41, 5.74) is 1.48. The molecule has 4 rings (SSSR count). The first-order chi connectivity index (χ1) is 13.2. The van der Waals surface area contributed by atoms with Crippen LogP contribution in [0.15, 0.2) is 17.6 Å². The Morgan fingerprint density at radius 1 is 1.41 bits per heavy atom. The Bertz CT molecular complexity index is 766. The van der Waals surface area contributed by atoms with Crippen molar-refractivity contribution in [3.05, 3.63) is 29.0 Å². The molecule has 8 heteroatoms. The molecular formula is C19H28N6OS. The van der Waals surface area contributed by atoms with Crippen molar-refractivity contribution in [2.24, 2.45) is 5.92 Å². The summed E-state index contributed by atoms with van der Waals surface area (Å²) in [5, 5.41) is 13.4. The molecule has 2 fully saturated rings. The Morgan fingerprint density at radius 3 is 3.15 bits per heavy atom. The summed E-state index contributed by atoms with van der Waals surface area (Å²) < 4.78 is 1.91. The number of rotatable bonds is 5. The van der Waals surface area contributed by atoms with E-state index < -0.39 is 0 Å². The van der Waals surface area contributed by atoms with Crippen LogP contribution in [-0.2, 0) is 6.54 Å². The standard InChI is InChI=1S/C19H28N6OS/c1-14-4-3-8-24(11-14)12-15-13-27-19(21-15)22-18(26)17-6-9-25(23-17)16-5-2-7-20-10-16/h6,9,13-14,16,20H,2-5,7-8,10-12H2,1H3,(H,21,22,26). The molecule has 27 heavy (non-hydrogen) atoms. The average Bonchev–Trinajstić information content (AvgIpc) is 3.32. The first kappa shape index (κ1) is 18.6. The number of piperidine rings is 2. The fourth-order valence-corrected chi connectivity index (χ4v) is 4.68. The summed E-state index contributed by atoms with van der Waals surface area (Å²) in [5.74, 6) is 0.566. The van der Waals surface area contributed by atoms with Crippen LogP contribution in [0.4, 0.5) is 5.13 Å². The minimum atomic E-state index is -0.190. The van der Waals surface area contributed by atoms with Gasteiger partial charge in [-0.2, -0.15) is 5.10 Å². The van der Waals surface area contributed by atoms with Gasteiger partial charge in [0.2, 0.25) is 0 Å². The van der Waals surface area contributed by atoms with Gasteiger partial charge in [0.15, 0.2) is 10.8 Å². The van der Waals surface area contributed by atoms with Crippen LogP contribution in [0, 0.1) is 5.92 Å². The maximum Gasteiger partial charge on any atom is 0.277 e. The number of likely N-dealkylation sites (tertiary alicyclic amines) is 1. The third-order valence-corrected chi connectivity index (χ3v) is 6.19. The number of nitrogens with zero attached hydrogens (tertiary/aromatic N) is 4. The van der Waals surface area contributed by atoms with E-state index in [1.165, 1.54) is 24.2 Å². The van der Waals surface area contributed by atoms with E-state index in [9.17, 15) is 4.79 Å². The summed E-state index contributed by atoms with van der Waals surface area (Å²) >= 11 is 1.48. The van der Waals surface area contributed by atoms with Gasteiger partial charge in [-0.15, -0.1) is 11.3 Å². The van der Waals surface area contributed by atoms with Gasteiger partial charge in [0.1, 0.15) is 0 Å². The molecule has 0 bridgehead atoms. The SMILES string of the molecule is CC1CCCN(Cc2csc(NC(=O)c3ccn(C4CCCNC4)n3)n2)C1. The molecule has 0 aliphatic carbocycles. The lowest BCUT2D eigenvalue weighted by Crippen LogP contribution is -2.33. The van der Waals surface area contributed by atoms with E-state index in [0.29, 0.717) is 16.9 Å². The summed E-state index contributed by atoms with van der Waals surface area (Å²) in [7, 11) is 0. The van der Waals surface area contributed by atoms with Crippen molar-refractivity contribution in [3.63, 3.8) is 0 Å². The molecule has 2 aromatic heterocycles. The van der Waals surface area contributed by atoms with Crippen molar-refractivity contribution in [2.75, 3.05) is 31.5 Å². The number of carbonyl (C=O) groups excluding carboxylic acids is 1. The molecule has 2 unspecified atom stereocenters. The van der Waals surface area contributed by atoms with E-state index >= 15 is 0 Å². The van der Waals surface area contributed by atoms with Gasteiger partial charge in [0.05, 0.1) is 11.7 Å². The molecule has 4 heterocycles. The van der Waals surface area contributed by atoms with E-state index in [0.717, 1.165) is 57.2 Å². The Morgan fingerprint density at radius 2 is 2.33 bits per heavy atom. The van der Waals surface area contributed by atoms with E-state index in [4.69, 9.17) is 0 Å². The molecule has 2 aliphatic heterocycles. The molecule has 0 spiro atoms. The van der Waals surface area contributed by atoms with Crippen LogP contribution in [0.1, 0.15) is 54.8 Å². The van der Waals surface area contributed by atoms with Crippen LogP contribution >= 0.6 is 11.3 Å². The van der Waals surface area contributed by atoms with Crippen molar-refractivity contribution in [3.8, 4) is 0 Å². The lowest BCUT2D eigenvalue weighted by atomic mass is 10.0. The van der Waals surface area contributed by atoms with Crippen molar-refractivity contribution in [2.45, 2.75) is 45.2 Å². The maximum atomic E-state index is 12.5. The second kappa shape index (κ2) is 8.50. The first-order valence-electron chi connectivity index (χ1n) is 9.91. The zero-order chi connectivity index (χ0) is 18.6. The monoisotopic (exact) mass is 388 g/mol. The highest BCUT2D eigenvalue weighted by Crippen LogP contribution is 2.21. The van der Waals surface area contributed by atoms with E-state index in [1.54, 1.807) is 6.07 Å². The van der Waals surface area contributed by atoms with Crippen LogP contribution in [0.3, 0.4) is 0 Å². The maximum absolute atomic E-state index is 12.5. The van der Waals surface area contributed by atoms with Crippen molar-refractivity contribution in [1.29, 1.82) is 0 Å². The van der Waals surface area contributed by atoms with Gasteiger partial charge in [-0.3, -0.25) is 19.7 Å². The van der Waals surface area contributed by atoms with Gasteiger partial charge >= 0.3 is 0 Å². The van der Waals surface area contributed by atoms with Gasteiger partial charge < -0.3 is 5.32 Å². The summed E-state index contributed by atoms with van der Waals surface area (Å²) in [6, 6.07) is 2.12. The van der Waals surface area contributed by atoms with Gasteiger partial charge in [-0.1, -0.05) is 6.92 Å². The zero-order valence-corrected chi connectivity index (χ0v) is 16.7. The minimum absolute atomic E-state index is 0.190. The van der Waals surface area contributed by atoms with Crippen molar-refractivity contribution in [1.82, 2.24) is 25.0 Å². The van der Waals surface area contributed by atoms with E-state index in [2.05, 4.69) is 32.5 Å². The van der Waals surface area contributed by atoms with Crippen LogP contribution in [0.25, 0.3) is 0 Å². The number of carbonyl (C=O) groups is 1. The van der Waals surface area contributed by atoms with Gasteiger partial charge in [-0.25, -0.2) is 4.98 Å². The highest BCUT2D eigenvalue weighted by atomic mass is 32.1. The van der Waals surface area contributed by atoms with Crippen LogP contribution < -0.4 is 10.6 Å². The molecule has 0 saturated carbocycles. The number of hydrogen-bond acceptors (Lipinski definition) is 6. The summed E-state index contributed by atoms with van der Waals surface area (Å²) in [6.07, 6.45) is 6.72. The second-order valence-corrected chi connectivity index (χ2v) is 8.62. The number of amides is 1. The quantitative estimate of drug-likeness (QED) is 0.824. The Hall–Kier alpha value is -1.77. The molecule has 2 saturated heterocycles. The van der Waals surface area contributed by atoms with Gasteiger partial charge in [-0.05, 0) is 50.8 Å². The lowest BCUT2D eigenvalue weighted by Gasteiger charge is -2.30. The van der Waals surface area contributed by atoms with Gasteiger partial charge in [0.25, 0.3) is 5.91 Å². The molecule has 146 valence electrons. The third kappa shape index (κ3) is 4.75. The molecule has 0 radical (unpaired) electrons. The van der Waals surface area contributed by atoms with Crippen LogP contribution in [0.5, 0.6) is 0 Å². The van der Waals surface area contributed by atoms with Crippen molar-refractivity contribution >= 4 is 22.4 Å². The molecule has 2 aliphatic rings. The van der Waals surface area contributed by atoms with Crippen molar-refractivity contribution < 1.29 is 4.79 Å². The Balaban J connectivity index is 1.33. The smallest absolute Gasteiger partial charge is 0.277 e.